The van der Waals surface area contributed by atoms with Gasteiger partial charge in [0.25, 0.3) is 0 Å². The monoisotopic (exact) mass is 405 g/mol. The first-order valence-corrected chi connectivity index (χ1v) is 10.8. The van der Waals surface area contributed by atoms with Crippen molar-refractivity contribution in [1.82, 2.24) is 25.2 Å². The Morgan fingerprint density at radius 2 is 1.63 bits per heavy atom. The van der Waals surface area contributed by atoms with Crippen LogP contribution in [0.5, 0.6) is 0 Å². The number of carbonyl (C=O) groups is 1. The molecule has 0 saturated heterocycles. The molecular formula is C24H31N5O. The summed E-state index contributed by atoms with van der Waals surface area (Å²) < 4.78 is 1.81. The van der Waals surface area contributed by atoms with E-state index in [1.54, 1.807) is 0 Å². The molecule has 0 atom stereocenters. The summed E-state index contributed by atoms with van der Waals surface area (Å²) in [4.78, 5) is 15.0. The Balaban J connectivity index is 1.66. The minimum absolute atomic E-state index is 0.0184. The number of nitrogens with zero attached hydrogens (tertiary/aromatic N) is 4. The second-order valence-electron chi connectivity index (χ2n) is 7.26. The van der Waals surface area contributed by atoms with Crippen molar-refractivity contribution < 1.29 is 4.79 Å². The fraction of sp³-hybridized carbons (Fsp3) is 0.375. The number of amides is 1. The van der Waals surface area contributed by atoms with Crippen LogP contribution in [0, 0.1) is 0 Å². The molecule has 0 aliphatic rings. The van der Waals surface area contributed by atoms with Crippen molar-refractivity contribution >= 4 is 5.91 Å². The molecule has 6 heteroatoms. The lowest BCUT2D eigenvalue weighted by Crippen LogP contribution is -2.28. The van der Waals surface area contributed by atoms with Gasteiger partial charge in [0.15, 0.2) is 0 Å². The van der Waals surface area contributed by atoms with Crippen LogP contribution in [0.4, 0.5) is 0 Å². The first-order valence-electron chi connectivity index (χ1n) is 10.8. The van der Waals surface area contributed by atoms with Crippen LogP contribution >= 0.6 is 0 Å². The SMILES string of the molecule is CCN(CC)CCCCNC(=O)Cc1nnn(-c2ccccc2)c1-c1ccccc1. The molecule has 0 unspecified atom stereocenters. The predicted octanol–water partition coefficient (Wildman–Crippen LogP) is 3.72. The molecule has 1 amide bonds. The van der Waals surface area contributed by atoms with E-state index in [2.05, 4.69) is 34.4 Å². The average molecular weight is 406 g/mol. The molecule has 0 spiro atoms. The molecule has 2 aromatic carbocycles. The van der Waals surface area contributed by atoms with Gasteiger partial charge in [0.05, 0.1) is 17.8 Å². The van der Waals surface area contributed by atoms with Crippen molar-refractivity contribution in [2.24, 2.45) is 0 Å². The number of aromatic nitrogens is 3. The van der Waals surface area contributed by atoms with E-state index >= 15 is 0 Å². The summed E-state index contributed by atoms with van der Waals surface area (Å²) in [5.74, 6) is -0.0184. The van der Waals surface area contributed by atoms with Gasteiger partial charge in [0.1, 0.15) is 5.69 Å². The zero-order chi connectivity index (χ0) is 21.2. The molecule has 3 aromatic rings. The summed E-state index contributed by atoms with van der Waals surface area (Å²) in [5, 5.41) is 11.7. The summed E-state index contributed by atoms with van der Waals surface area (Å²) in [6.07, 6.45) is 2.28. The third kappa shape index (κ3) is 5.76. The Bertz CT molecular complexity index is 904. The molecule has 0 aliphatic heterocycles. The molecule has 30 heavy (non-hydrogen) atoms. The number of rotatable bonds is 11. The highest BCUT2D eigenvalue weighted by atomic mass is 16.1. The molecule has 3 rings (SSSR count). The predicted molar refractivity (Wildman–Crippen MR) is 121 cm³/mol. The Morgan fingerprint density at radius 1 is 0.967 bits per heavy atom. The number of benzene rings is 2. The quantitative estimate of drug-likeness (QED) is 0.494. The third-order valence-corrected chi connectivity index (χ3v) is 5.23. The van der Waals surface area contributed by atoms with Crippen LogP contribution in [-0.4, -0.2) is 52.0 Å². The van der Waals surface area contributed by atoms with Crippen molar-refractivity contribution in [2.75, 3.05) is 26.2 Å². The lowest BCUT2D eigenvalue weighted by molar-refractivity contribution is -0.120. The number of unbranched alkanes of at least 4 members (excludes halogenated alkanes) is 1. The Hall–Kier alpha value is -2.99. The molecule has 1 heterocycles. The lowest BCUT2D eigenvalue weighted by atomic mass is 10.1. The second-order valence-corrected chi connectivity index (χ2v) is 7.26. The maximum atomic E-state index is 12.6. The van der Waals surface area contributed by atoms with Gasteiger partial charge < -0.3 is 10.2 Å². The minimum Gasteiger partial charge on any atom is -0.356 e. The standard InChI is InChI=1S/C24H31N5O/c1-3-28(4-2)18-12-11-17-25-23(30)19-22-24(20-13-7-5-8-14-20)29(27-26-22)21-15-9-6-10-16-21/h5-10,13-16H,3-4,11-12,17-19H2,1-2H3,(H,25,30). The van der Waals surface area contributed by atoms with Gasteiger partial charge in [0.2, 0.25) is 5.91 Å². The smallest absolute Gasteiger partial charge is 0.226 e. The van der Waals surface area contributed by atoms with Crippen molar-refractivity contribution in [3.63, 3.8) is 0 Å². The third-order valence-electron chi connectivity index (χ3n) is 5.23. The fourth-order valence-electron chi connectivity index (χ4n) is 3.51. The zero-order valence-electron chi connectivity index (χ0n) is 17.9. The molecule has 1 aromatic heterocycles. The van der Waals surface area contributed by atoms with Crippen molar-refractivity contribution in [2.45, 2.75) is 33.1 Å². The van der Waals surface area contributed by atoms with Crippen LogP contribution in [0.1, 0.15) is 32.4 Å². The van der Waals surface area contributed by atoms with Crippen LogP contribution in [-0.2, 0) is 11.2 Å². The maximum absolute atomic E-state index is 12.6. The van der Waals surface area contributed by atoms with Crippen LogP contribution < -0.4 is 5.32 Å². The van der Waals surface area contributed by atoms with Gasteiger partial charge in [-0.05, 0) is 44.6 Å². The highest BCUT2D eigenvalue weighted by Crippen LogP contribution is 2.25. The van der Waals surface area contributed by atoms with E-state index in [-0.39, 0.29) is 12.3 Å². The molecule has 1 N–H and O–H groups in total. The molecule has 0 bridgehead atoms. The van der Waals surface area contributed by atoms with Crippen LogP contribution in [0.25, 0.3) is 16.9 Å². The van der Waals surface area contributed by atoms with E-state index < -0.39 is 0 Å². The van der Waals surface area contributed by atoms with E-state index in [9.17, 15) is 4.79 Å². The molecule has 0 aliphatic carbocycles. The van der Waals surface area contributed by atoms with Gasteiger partial charge in [-0.1, -0.05) is 67.6 Å². The number of hydrogen-bond acceptors (Lipinski definition) is 4. The van der Waals surface area contributed by atoms with Gasteiger partial charge in [-0.15, -0.1) is 5.10 Å². The van der Waals surface area contributed by atoms with E-state index in [0.717, 1.165) is 49.4 Å². The number of para-hydroxylation sites is 1. The summed E-state index contributed by atoms with van der Waals surface area (Å²) in [5.41, 5.74) is 3.46. The van der Waals surface area contributed by atoms with Crippen LogP contribution in [0.15, 0.2) is 60.7 Å². The van der Waals surface area contributed by atoms with Gasteiger partial charge in [-0.2, -0.15) is 0 Å². The largest absolute Gasteiger partial charge is 0.356 e. The Kier molecular flexibility index (Phi) is 8.15. The Morgan fingerprint density at radius 3 is 2.30 bits per heavy atom. The summed E-state index contributed by atoms with van der Waals surface area (Å²) in [6.45, 7) is 8.26. The van der Waals surface area contributed by atoms with Crippen molar-refractivity contribution in [1.29, 1.82) is 0 Å². The van der Waals surface area contributed by atoms with Crippen molar-refractivity contribution in [3.05, 3.63) is 66.4 Å². The molecular weight excluding hydrogens is 374 g/mol. The topological polar surface area (TPSA) is 63.1 Å². The molecule has 158 valence electrons. The molecule has 0 saturated carbocycles. The first kappa shape index (κ1) is 21.7. The Labute approximate surface area is 178 Å². The first-order chi connectivity index (χ1) is 14.7. The van der Waals surface area contributed by atoms with Gasteiger partial charge in [-0.25, -0.2) is 4.68 Å². The summed E-state index contributed by atoms with van der Waals surface area (Å²) in [7, 11) is 0. The minimum atomic E-state index is -0.0184. The average Bonchev–Trinajstić information content (AvgIpc) is 3.21. The van der Waals surface area contributed by atoms with E-state index in [1.165, 1.54) is 0 Å². The molecule has 6 nitrogen and oxygen atoms in total. The van der Waals surface area contributed by atoms with E-state index in [0.29, 0.717) is 12.2 Å². The fourth-order valence-corrected chi connectivity index (χ4v) is 3.51. The second kappa shape index (κ2) is 11.3. The zero-order valence-corrected chi connectivity index (χ0v) is 17.9. The lowest BCUT2D eigenvalue weighted by Gasteiger charge is -2.17. The van der Waals surface area contributed by atoms with Gasteiger partial charge in [0, 0.05) is 12.1 Å². The van der Waals surface area contributed by atoms with Crippen LogP contribution in [0.2, 0.25) is 0 Å². The highest BCUT2D eigenvalue weighted by Gasteiger charge is 2.18. The van der Waals surface area contributed by atoms with Crippen LogP contribution in [0.3, 0.4) is 0 Å². The van der Waals surface area contributed by atoms with Gasteiger partial charge in [-0.3, -0.25) is 4.79 Å². The van der Waals surface area contributed by atoms with E-state index in [4.69, 9.17) is 0 Å². The molecule has 0 fully saturated rings. The van der Waals surface area contributed by atoms with E-state index in [1.807, 2.05) is 65.3 Å². The van der Waals surface area contributed by atoms with Gasteiger partial charge >= 0.3 is 0 Å². The number of carbonyl (C=O) groups excluding carboxylic acids is 1. The summed E-state index contributed by atoms with van der Waals surface area (Å²) in [6, 6.07) is 19.9. The maximum Gasteiger partial charge on any atom is 0.226 e. The molecule has 0 radical (unpaired) electrons. The number of hydrogen-bond donors (Lipinski definition) is 1. The normalized spacial score (nSPS) is 11.0. The highest BCUT2D eigenvalue weighted by molar-refractivity contribution is 5.80. The summed E-state index contributed by atoms with van der Waals surface area (Å²) >= 11 is 0. The number of nitrogens with one attached hydrogen (secondary N) is 1. The van der Waals surface area contributed by atoms with Crippen molar-refractivity contribution in [3.8, 4) is 16.9 Å².